The highest BCUT2D eigenvalue weighted by molar-refractivity contribution is 6.63. The van der Waals surface area contributed by atoms with Gasteiger partial charge in [0.25, 0.3) is 0 Å². The third-order valence-corrected chi connectivity index (χ3v) is 4.68. The van der Waals surface area contributed by atoms with Crippen LogP contribution >= 0.6 is 0 Å². The van der Waals surface area contributed by atoms with Gasteiger partial charge < -0.3 is 18.8 Å². The molecule has 124 valence electrons. The molecule has 0 atom stereocenters. The number of carbonyl (C=O) groups excluding carboxylic acids is 1. The fourth-order valence-electron chi connectivity index (χ4n) is 2.80. The van der Waals surface area contributed by atoms with Crippen LogP contribution < -0.4 is 10.2 Å². The summed E-state index contributed by atoms with van der Waals surface area (Å²) in [6.45, 7) is 13.3. The molecule has 1 fully saturated rings. The second-order valence-corrected chi connectivity index (χ2v) is 7.71. The van der Waals surface area contributed by atoms with E-state index in [1.807, 2.05) is 46.8 Å². The second-order valence-electron chi connectivity index (χ2n) is 7.71. The fourth-order valence-corrected chi connectivity index (χ4v) is 2.80. The third kappa shape index (κ3) is 2.64. The predicted molar refractivity (Wildman–Crippen MR) is 87.0 cm³/mol. The largest absolute Gasteiger partial charge is 0.495 e. The number of hydrogen-bond acceptors (Lipinski definition) is 5. The number of hydrogen-bond donors (Lipinski definition) is 0. The van der Waals surface area contributed by atoms with Crippen molar-refractivity contribution in [1.82, 2.24) is 0 Å². The Kier molecular flexibility index (Phi) is 3.37. The van der Waals surface area contributed by atoms with Gasteiger partial charge in [0.2, 0.25) is 5.79 Å². The van der Waals surface area contributed by atoms with Gasteiger partial charge >= 0.3 is 13.1 Å². The zero-order valence-electron chi connectivity index (χ0n) is 14.8. The highest BCUT2D eigenvalue weighted by atomic mass is 16.7. The van der Waals surface area contributed by atoms with E-state index in [1.165, 1.54) is 0 Å². The summed E-state index contributed by atoms with van der Waals surface area (Å²) in [5.41, 5.74) is 1.05. The first kappa shape index (κ1) is 16.3. The predicted octanol–water partition coefficient (Wildman–Crippen LogP) is 2.58. The van der Waals surface area contributed by atoms with Crippen LogP contribution in [-0.4, -0.2) is 30.1 Å². The van der Waals surface area contributed by atoms with E-state index in [0.29, 0.717) is 16.8 Å². The highest BCUT2D eigenvalue weighted by Crippen LogP contribution is 2.38. The molecule has 0 radical (unpaired) electrons. The second kappa shape index (κ2) is 4.74. The average Bonchev–Trinajstić information content (AvgIpc) is 2.55. The van der Waals surface area contributed by atoms with Crippen molar-refractivity contribution in [3.05, 3.63) is 23.3 Å². The van der Waals surface area contributed by atoms with Crippen LogP contribution in [0.5, 0.6) is 5.75 Å². The monoisotopic (exact) mass is 318 g/mol. The maximum Gasteiger partial charge on any atom is 0.495 e. The molecule has 0 bridgehead atoms. The minimum atomic E-state index is -0.981. The molecular weight excluding hydrogens is 295 g/mol. The van der Waals surface area contributed by atoms with Gasteiger partial charge in [0.05, 0.1) is 11.2 Å². The number of carbonyl (C=O) groups is 1. The van der Waals surface area contributed by atoms with E-state index in [0.717, 1.165) is 5.56 Å². The van der Waals surface area contributed by atoms with Gasteiger partial charge in [-0.2, -0.15) is 0 Å². The molecule has 0 spiro atoms. The molecule has 0 saturated carbocycles. The van der Waals surface area contributed by atoms with Gasteiger partial charge in [-0.1, -0.05) is 6.07 Å². The third-order valence-electron chi connectivity index (χ3n) is 4.68. The van der Waals surface area contributed by atoms with Gasteiger partial charge in [0.15, 0.2) is 0 Å². The van der Waals surface area contributed by atoms with E-state index in [4.69, 9.17) is 18.8 Å². The molecule has 2 aliphatic rings. The number of benzene rings is 1. The van der Waals surface area contributed by atoms with Crippen molar-refractivity contribution >= 4 is 18.6 Å². The number of ether oxygens (including phenoxy) is 2. The smallest absolute Gasteiger partial charge is 0.452 e. The maximum absolute atomic E-state index is 12.5. The van der Waals surface area contributed by atoms with Gasteiger partial charge in [-0.15, -0.1) is 0 Å². The van der Waals surface area contributed by atoms with Gasteiger partial charge in [0.1, 0.15) is 11.3 Å². The van der Waals surface area contributed by atoms with Crippen LogP contribution in [0.1, 0.15) is 57.5 Å². The summed E-state index contributed by atoms with van der Waals surface area (Å²) < 4.78 is 23.4. The first-order valence-corrected chi connectivity index (χ1v) is 7.84. The molecule has 3 rings (SSSR count). The van der Waals surface area contributed by atoms with E-state index >= 15 is 0 Å². The normalized spacial score (nSPS) is 24.0. The van der Waals surface area contributed by atoms with E-state index in [9.17, 15) is 4.79 Å². The van der Waals surface area contributed by atoms with Crippen LogP contribution in [0.2, 0.25) is 0 Å². The Hall–Kier alpha value is -1.53. The van der Waals surface area contributed by atoms with Crippen molar-refractivity contribution in [1.29, 1.82) is 0 Å². The molecule has 2 heterocycles. The van der Waals surface area contributed by atoms with Crippen LogP contribution in [0.4, 0.5) is 0 Å². The van der Waals surface area contributed by atoms with Gasteiger partial charge in [0, 0.05) is 19.3 Å². The molecule has 0 amide bonds. The number of fused-ring (bicyclic) bond motifs is 1. The first-order chi connectivity index (χ1) is 10.4. The van der Waals surface area contributed by atoms with E-state index < -0.39 is 30.1 Å². The molecule has 23 heavy (non-hydrogen) atoms. The topological polar surface area (TPSA) is 54.0 Å². The molecule has 0 aromatic heterocycles. The Morgan fingerprint density at radius 3 is 2.04 bits per heavy atom. The SMILES string of the molecule is Cc1cc2c(c(B3OC(C)(C)C(C)(C)O3)c1)C(=O)OC(C)(C)O2. The van der Waals surface area contributed by atoms with Crippen LogP contribution in [0.25, 0.3) is 0 Å². The number of cyclic esters (lactones) is 1. The lowest BCUT2D eigenvalue weighted by Crippen LogP contribution is -2.45. The van der Waals surface area contributed by atoms with Crippen LogP contribution in [-0.2, 0) is 14.0 Å². The van der Waals surface area contributed by atoms with E-state index in [-0.39, 0.29) is 0 Å². The van der Waals surface area contributed by atoms with Crippen molar-refractivity contribution in [2.75, 3.05) is 0 Å². The minimum Gasteiger partial charge on any atom is -0.452 e. The van der Waals surface area contributed by atoms with Crippen molar-refractivity contribution < 1.29 is 23.6 Å². The molecule has 6 heteroatoms. The first-order valence-electron chi connectivity index (χ1n) is 7.84. The fraction of sp³-hybridized carbons (Fsp3) is 0.588. The standard InChI is InChI=1S/C17H23BO5/c1-10-8-11(18-22-15(2,3)16(4,5)23-18)13-12(9-10)20-17(6,7)21-14(13)19/h8-9H,1-7H3. The van der Waals surface area contributed by atoms with Gasteiger partial charge in [-0.25, -0.2) is 4.79 Å². The Bertz CT molecular complexity index is 662. The summed E-state index contributed by atoms with van der Waals surface area (Å²) in [5.74, 6) is -0.887. The lowest BCUT2D eigenvalue weighted by atomic mass is 9.74. The molecule has 1 saturated heterocycles. The lowest BCUT2D eigenvalue weighted by molar-refractivity contribution is -0.127. The number of esters is 1. The summed E-state index contributed by atoms with van der Waals surface area (Å²) in [5, 5.41) is 0. The Balaban J connectivity index is 2.09. The molecule has 0 N–H and O–H groups in total. The van der Waals surface area contributed by atoms with E-state index in [1.54, 1.807) is 13.8 Å². The zero-order valence-corrected chi connectivity index (χ0v) is 14.8. The summed E-state index contributed by atoms with van der Waals surface area (Å²) in [4.78, 5) is 12.5. The zero-order chi connectivity index (χ0) is 17.2. The summed E-state index contributed by atoms with van der Waals surface area (Å²) in [6.07, 6.45) is 0. The molecule has 2 aliphatic heterocycles. The molecule has 5 nitrogen and oxygen atoms in total. The van der Waals surface area contributed by atoms with Gasteiger partial charge in [-0.05, 0) is 46.2 Å². The molecule has 1 aromatic carbocycles. The van der Waals surface area contributed by atoms with Crippen LogP contribution in [0, 0.1) is 6.92 Å². The molecule has 0 unspecified atom stereocenters. The quantitative estimate of drug-likeness (QED) is 0.588. The lowest BCUT2D eigenvalue weighted by Gasteiger charge is -2.33. The van der Waals surface area contributed by atoms with Crippen molar-refractivity contribution in [3.63, 3.8) is 0 Å². The Morgan fingerprint density at radius 2 is 1.48 bits per heavy atom. The van der Waals surface area contributed by atoms with Crippen LogP contribution in [0.3, 0.4) is 0 Å². The summed E-state index contributed by atoms with van der Waals surface area (Å²) >= 11 is 0. The summed E-state index contributed by atoms with van der Waals surface area (Å²) in [6, 6.07) is 3.73. The molecule has 0 aliphatic carbocycles. The maximum atomic E-state index is 12.5. The number of rotatable bonds is 1. The van der Waals surface area contributed by atoms with Crippen molar-refractivity contribution in [2.24, 2.45) is 0 Å². The number of aryl methyl sites for hydroxylation is 1. The van der Waals surface area contributed by atoms with Crippen molar-refractivity contribution in [3.8, 4) is 5.75 Å². The van der Waals surface area contributed by atoms with Gasteiger partial charge in [-0.3, -0.25) is 0 Å². The molecular formula is C17H23BO5. The highest BCUT2D eigenvalue weighted by Gasteiger charge is 2.53. The van der Waals surface area contributed by atoms with E-state index in [2.05, 4.69) is 0 Å². The Labute approximate surface area is 137 Å². The van der Waals surface area contributed by atoms with Crippen LogP contribution in [0.15, 0.2) is 12.1 Å². The minimum absolute atomic E-state index is 0.383. The van der Waals surface area contributed by atoms with Crippen molar-refractivity contribution in [2.45, 2.75) is 65.5 Å². The Morgan fingerprint density at radius 1 is 0.913 bits per heavy atom. The summed E-state index contributed by atoms with van der Waals surface area (Å²) in [7, 11) is -0.633. The average molecular weight is 318 g/mol. The molecule has 1 aromatic rings.